The molecule has 0 spiro atoms. The van der Waals surface area contributed by atoms with Gasteiger partial charge in [-0.3, -0.25) is 4.57 Å². The van der Waals surface area contributed by atoms with Crippen molar-refractivity contribution in [2.45, 2.75) is 38.8 Å². The fourth-order valence-electron chi connectivity index (χ4n) is 3.44. The maximum atomic E-state index is 12.7. The maximum absolute atomic E-state index is 12.7. The molecule has 0 amide bonds. The molecule has 1 aromatic carbocycles. The number of nitrogens with one attached hydrogen (secondary N) is 1. The molecule has 1 N–H and O–H groups in total. The van der Waals surface area contributed by atoms with Crippen LogP contribution in [-0.2, 0) is 13.1 Å². The third-order valence-corrected chi connectivity index (χ3v) is 4.70. The zero-order valence-electron chi connectivity index (χ0n) is 14.6. The van der Waals surface area contributed by atoms with E-state index in [-0.39, 0.29) is 37.3 Å². The Hall–Kier alpha value is -1.70. The van der Waals surface area contributed by atoms with Gasteiger partial charge in [-0.1, -0.05) is 6.07 Å². The molecule has 0 bridgehead atoms. The average molecular weight is 403 g/mol. The van der Waals surface area contributed by atoms with Gasteiger partial charge in [0, 0.05) is 19.0 Å². The van der Waals surface area contributed by atoms with Gasteiger partial charge in [0.25, 0.3) is 0 Å². The number of ether oxygens (including phenoxy) is 2. The van der Waals surface area contributed by atoms with E-state index < -0.39 is 0 Å². The second-order valence-electron chi connectivity index (χ2n) is 6.27. The third kappa shape index (κ3) is 3.84. The molecule has 3 heterocycles. The van der Waals surface area contributed by atoms with Gasteiger partial charge < -0.3 is 14.8 Å². The highest BCUT2D eigenvalue weighted by molar-refractivity contribution is 5.85. The smallest absolute Gasteiger partial charge is 0.346 e. The molecule has 0 saturated carbocycles. The molecule has 0 aliphatic carbocycles. The fourth-order valence-corrected chi connectivity index (χ4v) is 3.44. The molecule has 9 heteroatoms. The van der Waals surface area contributed by atoms with Crippen LogP contribution in [0.3, 0.4) is 0 Å². The summed E-state index contributed by atoms with van der Waals surface area (Å²) in [4.78, 5) is 12.7. The van der Waals surface area contributed by atoms with Crippen molar-refractivity contribution in [1.82, 2.24) is 19.7 Å². The minimum Gasteiger partial charge on any atom is -0.454 e. The average Bonchev–Trinajstić information content (AvgIpc) is 3.20. The van der Waals surface area contributed by atoms with Crippen molar-refractivity contribution in [2.24, 2.45) is 0 Å². The molecule has 2 aliphatic heterocycles. The van der Waals surface area contributed by atoms with Crippen LogP contribution in [0.4, 0.5) is 0 Å². The third-order valence-electron chi connectivity index (χ3n) is 4.70. The Morgan fingerprint density at radius 3 is 2.81 bits per heavy atom. The number of piperidine rings is 1. The lowest BCUT2D eigenvalue weighted by atomic mass is 9.99. The second-order valence-corrected chi connectivity index (χ2v) is 6.27. The number of benzene rings is 1. The van der Waals surface area contributed by atoms with E-state index in [0.29, 0.717) is 19.0 Å². The van der Waals surface area contributed by atoms with Crippen LogP contribution in [0.25, 0.3) is 0 Å². The van der Waals surface area contributed by atoms with Crippen molar-refractivity contribution >= 4 is 24.8 Å². The highest BCUT2D eigenvalue weighted by Crippen LogP contribution is 2.32. The van der Waals surface area contributed by atoms with Gasteiger partial charge in [0.05, 0.1) is 6.54 Å². The molecule has 1 fully saturated rings. The van der Waals surface area contributed by atoms with Crippen LogP contribution < -0.4 is 20.5 Å². The standard InChI is InChI=1S/C17H22N4O3.2ClH/c1-2-20-16(13-4-3-7-18-9-13)19-21(17(20)22)10-12-5-6-14-15(8-12)24-11-23-14;;/h5-6,8,13,18H,2-4,7,9-11H2,1H3;2*1H. The summed E-state index contributed by atoms with van der Waals surface area (Å²) in [5.74, 6) is 2.69. The van der Waals surface area contributed by atoms with Crippen LogP contribution in [0.15, 0.2) is 23.0 Å². The molecule has 2 aromatic rings. The maximum Gasteiger partial charge on any atom is 0.346 e. The van der Waals surface area contributed by atoms with E-state index in [1.165, 1.54) is 0 Å². The van der Waals surface area contributed by atoms with Crippen LogP contribution in [0.5, 0.6) is 11.5 Å². The number of hydrogen-bond donors (Lipinski definition) is 1. The summed E-state index contributed by atoms with van der Waals surface area (Å²) in [5, 5.41) is 8.04. The van der Waals surface area contributed by atoms with E-state index in [2.05, 4.69) is 10.4 Å². The number of aromatic nitrogens is 3. The molecule has 1 unspecified atom stereocenters. The SMILES string of the molecule is CCn1c(C2CCCNC2)nn(Cc2ccc3c(c2)OCO3)c1=O.Cl.Cl. The Balaban J connectivity index is 0.00000121. The second kappa shape index (κ2) is 8.79. The molecule has 4 rings (SSSR count). The minimum absolute atomic E-state index is 0. The first-order valence-corrected chi connectivity index (χ1v) is 8.53. The number of nitrogens with zero attached hydrogens (tertiary/aromatic N) is 3. The highest BCUT2D eigenvalue weighted by atomic mass is 35.5. The summed E-state index contributed by atoms with van der Waals surface area (Å²) >= 11 is 0. The van der Waals surface area contributed by atoms with Gasteiger partial charge in [-0.05, 0) is 44.0 Å². The van der Waals surface area contributed by atoms with Crippen LogP contribution >= 0.6 is 24.8 Å². The van der Waals surface area contributed by atoms with Gasteiger partial charge in [-0.2, -0.15) is 5.10 Å². The van der Waals surface area contributed by atoms with Crippen LogP contribution in [0.2, 0.25) is 0 Å². The van der Waals surface area contributed by atoms with Gasteiger partial charge in [-0.25, -0.2) is 9.48 Å². The first-order chi connectivity index (χ1) is 11.8. The Labute approximate surface area is 164 Å². The summed E-state index contributed by atoms with van der Waals surface area (Å²) in [6.07, 6.45) is 2.20. The Kier molecular flexibility index (Phi) is 6.97. The van der Waals surface area contributed by atoms with E-state index in [4.69, 9.17) is 9.47 Å². The zero-order valence-corrected chi connectivity index (χ0v) is 16.3. The van der Waals surface area contributed by atoms with Crippen molar-refractivity contribution in [3.8, 4) is 11.5 Å². The van der Waals surface area contributed by atoms with Crippen LogP contribution in [0, 0.1) is 0 Å². The van der Waals surface area contributed by atoms with Crippen LogP contribution in [-0.4, -0.2) is 34.2 Å². The molecule has 7 nitrogen and oxygen atoms in total. The minimum atomic E-state index is -0.0456. The number of fused-ring (bicyclic) bond motifs is 1. The summed E-state index contributed by atoms with van der Waals surface area (Å²) in [6, 6.07) is 5.75. The Bertz CT molecular complexity index is 800. The van der Waals surface area contributed by atoms with Gasteiger partial charge in [0.2, 0.25) is 6.79 Å². The Morgan fingerprint density at radius 1 is 1.27 bits per heavy atom. The first-order valence-electron chi connectivity index (χ1n) is 8.53. The largest absolute Gasteiger partial charge is 0.454 e. The topological polar surface area (TPSA) is 70.3 Å². The lowest BCUT2D eigenvalue weighted by Gasteiger charge is -2.21. The van der Waals surface area contributed by atoms with E-state index in [9.17, 15) is 4.79 Å². The summed E-state index contributed by atoms with van der Waals surface area (Å²) < 4.78 is 14.1. The molecule has 1 aromatic heterocycles. The van der Waals surface area contributed by atoms with Gasteiger partial charge >= 0.3 is 5.69 Å². The normalized spacial score (nSPS) is 18.1. The lowest BCUT2D eigenvalue weighted by Crippen LogP contribution is -2.31. The van der Waals surface area contributed by atoms with Gasteiger partial charge in [0.15, 0.2) is 11.5 Å². The van der Waals surface area contributed by atoms with Crippen molar-refractivity contribution in [3.63, 3.8) is 0 Å². The predicted molar refractivity (Wildman–Crippen MR) is 103 cm³/mol. The Morgan fingerprint density at radius 2 is 2.08 bits per heavy atom. The molecule has 1 saturated heterocycles. The van der Waals surface area contributed by atoms with Gasteiger partial charge in [0.1, 0.15) is 5.82 Å². The molecule has 2 aliphatic rings. The fraction of sp³-hybridized carbons (Fsp3) is 0.529. The van der Waals surface area contributed by atoms with Crippen LogP contribution in [0.1, 0.15) is 37.1 Å². The molecule has 26 heavy (non-hydrogen) atoms. The number of hydrogen-bond acceptors (Lipinski definition) is 5. The van der Waals surface area contributed by atoms with Gasteiger partial charge in [-0.15, -0.1) is 24.8 Å². The quantitative estimate of drug-likeness (QED) is 0.847. The van der Waals surface area contributed by atoms with E-state index >= 15 is 0 Å². The number of halogens is 2. The van der Waals surface area contributed by atoms with E-state index in [0.717, 1.165) is 48.8 Å². The van der Waals surface area contributed by atoms with Crippen molar-refractivity contribution in [1.29, 1.82) is 0 Å². The summed E-state index contributed by atoms with van der Waals surface area (Å²) in [7, 11) is 0. The van der Waals surface area contributed by atoms with Crippen molar-refractivity contribution in [3.05, 3.63) is 40.1 Å². The molecule has 0 radical (unpaired) electrons. The van der Waals surface area contributed by atoms with Crippen molar-refractivity contribution in [2.75, 3.05) is 19.9 Å². The number of rotatable bonds is 4. The molecule has 144 valence electrons. The lowest BCUT2D eigenvalue weighted by molar-refractivity contribution is 0.174. The molecule has 1 atom stereocenters. The van der Waals surface area contributed by atoms with E-state index in [1.807, 2.05) is 25.1 Å². The monoisotopic (exact) mass is 402 g/mol. The predicted octanol–water partition coefficient (Wildman–Crippen LogP) is 2.15. The summed E-state index contributed by atoms with van der Waals surface area (Å²) in [5.41, 5.74) is 0.936. The summed E-state index contributed by atoms with van der Waals surface area (Å²) in [6.45, 7) is 5.27. The first kappa shape index (κ1) is 20.6. The molecular formula is C17H24Cl2N4O3. The van der Waals surface area contributed by atoms with Crippen molar-refractivity contribution < 1.29 is 9.47 Å². The highest BCUT2D eigenvalue weighted by Gasteiger charge is 2.23. The van der Waals surface area contributed by atoms with E-state index in [1.54, 1.807) is 9.25 Å². The molecular weight excluding hydrogens is 379 g/mol. The zero-order chi connectivity index (χ0) is 16.5.